The molecular weight excluding hydrogens is 160 g/mol. The SMILES string of the molecule is CC(C)C(C)CNc1ccccn1. The fourth-order valence-corrected chi connectivity index (χ4v) is 0.969. The van der Waals surface area contributed by atoms with Gasteiger partial charge in [0.05, 0.1) is 0 Å². The van der Waals surface area contributed by atoms with Gasteiger partial charge in [0, 0.05) is 12.7 Å². The molecule has 13 heavy (non-hydrogen) atoms. The van der Waals surface area contributed by atoms with Crippen LogP contribution in [0.25, 0.3) is 0 Å². The van der Waals surface area contributed by atoms with Gasteiger partial charge in [-0.15, -0.1) is 0 Å². The molecule has 1 N–H and O–H groups in total. The van der Waals surface area contributed by atoms with Crippen LogP contribution in [-0.2, 0) is 0 Å². The molecule has 0 amide bonds. The van der Waals surface area contributed by atoms with Crippen LogP contribution in [0.3, 0.4) is 0 Å². The molecule has 2 heteroatoms. The van der Waals surface area contributed by atoms with E-state index in [0.717, 1.165) is 18.3 Å². The van der Waals surface area contributed by atoms with Crippen LogP contribution in [0.1, 0.15) is 20.8 Å². The average molecular weight is 178 g/mol. The minimum absolute atomic E-state index is 0.682. The first-order chi connectivity index (χ1) is 6.20. The monoisotopic (exact) mass is 178 g/mol. The molecule has 1 heterocycles. The standard InChI is InChI=1S/C11H18N2/c1-9(2)10(3)8-13-11-6-4-5-7-12-11/h4-7,9-10H,8H2,1-3H3,(H,12,13). The second-order valence-electron chi connectivity index (χ2n) is 3.82. The predicted molar refractivity (Wildman–Crippen MR) is 56.7 cm³/mol. The minimum atomic E-state index is 0.682. The fraction of sp³-hybridized carbons (Fsp3) is 0.545. The highest BCUT2D eigenvalue weighted by atomic mass is 15.0. The Morgan fingerprint density at radius 3 is 2.62 bits per heavy atom. The molecular formula is C11H18N2. The zero-order valence-corrected chi connectivity index (χ0v) is 8.62. The summed E-state index contributed by atoms with van der Waals surface area (Å²) in [7, 11) is 0. The lowest BCUT2D eigenvalue weighted by Gasteiger charge is -2.16. The normalized spacial score (nSPS) is 12.9. The lowest BCUT2D eigenvalue weighted by atomic mass is 9.98. The van der Waals surface area contributed by atoms with Gasteiger partial charge in [0.25, 0.3) is 0 Å². The maximum atomic E-state index is 4.20. The van der Waals surface area contributed by atoms with Crippen LogP contribution < -0.4 is 5.32 Å². The first-order valence-corrected chi connectivity index (χ1v) is 4.85. The molecule has 1 aromatic heterocycles. The number of nitrogens with one attached hydrogen (secondary N) is 1. The highest BCUT2D eigenvalue weighted by molar-refractivity contribution is 5.32. The second-order valence-corrected chi connectivity index (χ2v) is 3.82. The van der Waals surface area contributed by atoms with Crippen LogP contribution in [0.4, 0.5) is 5.82 Å². The Balaban J connectivity index is 2.35. The van der Waals surface area contributed by atoms with E-state index in [1.165, 1.54) is 0 Å². The van der Waals surface area contributed by atoms with Crippen molar-refractivity contribution in [3.63, 3.8) is 0 Å². The molecule has 1 unspecified atom stereocenters. The molecule has 72 valence electrons. The maximum absolute atomic E-state index is 4.20. The lowest BCUT2D eigenvalue weighted by molar-refractivity contribution is 0.439. The van der Waals surface area contributed by atoms with Crippen LogP contribution in [0, 0.1) is 11.8 Å². The molecule has 0 aliphatic heterocycles. The van der Waals surface area contributed by atoms with Crippen molar-refractivity contribution < 1.29 is 0 Å². The van der Waals surface area contributed by atoms with Crippen LogP contribution in [-0.4, -0.2) is 11.5 Å². The van der Waals surface area contributed by atoms with Gasteiger partial charge in [0.1, 0.15) is 5.82 Å². The zero-order chi connectivity index (χ0) is 9.68. The highest BCUT2D eigenvalue weighted by Crippen LogP contribution is 2.10. The number of pyridine rings is 1. The molecule has 0 fully saturated rings. The van der Waals surface area contributed by atoms with Crippen molar-refractivity contribution in [1.82, 2.24) is 4.98 Å². The maximum Gasteiger partial charge on any atom is 0.125 e. The van der Waals surface area contributed by atoms with Gasteiger partial charge in [0.15, 0.2) is 0 Å². The van der Waals surface area contributed by atoms with Gasteiger partial charge in [-0.2, -0.15) is 0 Å². The molecule has 0 saturated heterocycles. The molecule has 0 aliphatic carbocycles. The average Bonchev–Trinajstić information content (AvgIpc) is 2.15. The predicted octanol–water partition coefficient (Wildman–Crippen LogP) is 2.79. The number of aromatic nitrogens is 1. The van der Waals surface area contributed by atoms with E-state index >= 15 is 0 Å². The van der Waals surface area contributed by atoms with E-state index in [9.17, 15) is 0 Å². The number of hydrogen-bond donors (Lipinski definition) is 1. The summed E-state index contributed by atoms with van der Waals surface area (Å²) in [6.45, 7) is 7.73. The molecule has 0 aliphatic rings. The summed E-state index contributed by atoms with van der Waals surface area (Å²) in [6, 6.07) is 5.92. The summed E-state index contributed by atoms with van der Waals surface area (Å²) in [5, 5.41) is 3.31. The van der Waals surface area contributed by atoms with Crippen LogP contribution in [0.2, 0.25) is 0 Å². The molecule has 0 radical (unpaired) electrons. The van der Waals surface area contributed by atoms with Crippen molar-refractivity contribution in [1.29, 1.82) is 0 Å². The summed E-state index contributed by atoms with van der Waals surface area (Å²) in [6.07, 6.45) is 1.81. The molecule has 1 rings (SSSR count). The fourth-order valence-electron chi connectivity index (χ4n) is 0.969. The van der Waals surface area contributed by atoms with Crippen LogP contribution in [0.15, 0.2) is 24.4 Å². The van der Waals surface area contributed by atoms with E-state index in [-0.39, 0.29) is 0 Å². The third-order valence-electron chi connectivity index (χ3n) is 2.41. The number of rotatable bonds is 4. The molecule has 0 saturated carbocycles. The Hall–Kier alpha value is -1.05. The van der Waals surface area contributed by atoms with Gasteiger partial charge >= 0.3 is 0 Å². The largest absolute Gasteiger partial charge is 0.370 e. The minimum Gasteiger partial charge on any atom is -0.370 e. The molecule has 0 spiro atoms. The second kappa shape index (κ2) is 4.85. The van der Waals surface area contributed by atoms with Crippen molar-refractivity contribution in [2.24, 2.45) is 11.8 Å². The molecule has 0 aromatic carbocycles. The van der Waals surface area contributed by atoms with E-state index in [1.54, 1.807) is 0 Å². The van der Waals surface area contributed by atoms with E-state index in [4.69, 9.17) is 0 Å². The van der Waals surface area contributed by atoms with E-state index < -0.39 is 0 Å². The lowest BCUT2D eigenvalue weighted by Crippen LogP contribution is -2.16. The van der Waals surface area contributed by atoms with Crippen molar-refractivity contribution in [3.05, 3.63) is 24.4 Å². The smallest absolute Gasteiger partial charge is 0.125 e. The highest BCUT2D eigenvalue weighted by Gasteiger charge is 2.05. The van der Waals surface area contributed by atoms with Crippen molar-refractivity contribution >= 4 is 5.82 Å². The Morgan fingerprint density at radius 1 is 1.31 bits per heavy atom. The number of nitrogens with zero attached hydrogens (tertiary/aromatic N) is 1. The Morgan fingerprint density at radius 2 is 2.08 bits per heavy atom. The number of hydrogen-bond acceptors (Lipinski definition) is 2. The summed E-state index contributed by atoms with van der Waals surface area (Å²) >= 11 is 0. The quantitative estimate of drug-likeness (QED) is 0.766. The van der Waals surface area contributed by atoms with Gasteiger partial charge in [0.2, 0.25) is 0 Å². The number of anilines is 1. The van der Waals surface area contributed by atoms with Gasteiger partial charge < -0.3 is 5.32 Å². The zero-order valence-electron chi connectivity index (χ0n) is 8.62. The molecule has 2 nitrogen and oxygen atoms in total. The summed E-state index contributed by atoms with van der Waals surface area (Å²) in [4.78, 5) is 4.20. The Bertz CT molecular complexity index is 231. The first kappa shape index (κ1) is 10.0. The van der Waals surface area contributed by atoms with E-state index in [2.05, 4.69) is 31.1 Å². The Kier molecular flexibility index (Phi) is 3.74. The van der Waals surface area contributed by atoms with Gasteiger partial charge in [-0.25, -0.2) is 4.98 Å². The van der Waals surface area contributed by atoms with Crippen molar-refractivity contribution in [2.75, 3.05) is 11.9 Å². The summed E-state index contributed by atoms with van der Waals surface area (Å²) < 4.78 is 0. The van der Waals surface area contributed by atoms with Crippen molar-refractivity contribution in [2.45, 2.75) is 20.8 Å². The molecule has 1 atom stereocenters. The summed E-state index contributed by atoms with van der Waals surface area (Å²) in [5.41, 5.74) is 0. The van der Waals surface area contributed by atoms with Gasteiger partial charge in [-0.05, 0) is 24.0 Å². The van der Waals surface area contributed by atoms with Crippen LogP contribution >= 0.6 is 0 Å². The third-order valence-corrected chi connectivity index (χ3v) is 2.41. The van der Waals surface area contributed by atoms with Gasteiger partial charge in [-0.1, -0.05) is 26.8 Å². The third kappa shape index (κ3) is 3.45. The Labute approximate surface area is 80.4 Å². The van der Waals surface area contributed by atoms with E-state index in [1.807, 2.05) is 24.4 Å². The van der Waals surface area contributed by atoms with Crippen molar-refractivity contribution in [3.8, 4) is 0 Å². The topological polar surface area (TPSA) is 24.9 Å². The first-order valence-electron chi connectivity index (χ1n) is 4.85. The molecule has 1 aromatic rings. The van der Waals surface area contributed by atoms with Crippen LogP contribution in [0.5, 0.6) is 0 Å². The van der Waals surface area contributed by atoms with E-state index in [0.29, 0.717) is 5.92 Å². The summed E-state index contributed by atoms with van der Waals surface area (Å²) in [5.74, 6) is 2.37. The van der Waals surface area contributed by atoms with Gasteiger partial charge in [-0.3, -0.25) is 0 Å². The molecule has 0 bridgehead atoms.